The molecular weight excluding hydrogens is 326 g/mol. The molecule has 3 heteroatoms. The smallest absolute Gasteiger partial charge is 0.123 e. The van der Waals surface area contributed by atoms with Crippen molar-refractivity contribution in [1.29, 1.82) is 0 Å². The summed E-state index contributed by atoms with van der Waals surface area (Å²) in [6, 6.07) is 17.0. The van der Waals surface area contributed by atoms with Crippen LogP contribution in [0.3, 0.4) is 0 Å². The molecule has 0 radical (unpaired) electrons. The van der Waals surface area contributed by atoms with Gasteiger partial charge in [0.2, 0.25) is 0 Å². The second-order valence-corrected chi connectivity index (χ2v) is 6.00. The van der Waals surface area contributed by atoms with Crippen molar-refractivity contribution in [3.63, 3.8) is 0 Å². The zero-order chi connectivity index (χ0) is 15.1. The van der Waals surface area contributed by atoms with E-state index >= 15 is 0 Å². The van der Waals surface area contributed by atoms with E-state index in [9.17, 15) is 0 Å². The van der Waals surface area contributed by atoms with Gasteiger partial charge in [0.05, 0.1) is 7.11 Å². The number of nitrogens with one attached hydrogen (secondary N) is 1. The zero-order valence-corrected chi connectivity index (χ0v) is 14.2. The fraction of sp³-hybridized carbons (Fsp3) is 0.333. The third-order valence-electron chi connectivity index (χ3n) is 3.48. The van der Waals surface area contributed by atoms with Gasteiger partial charge in [-0.15, -0.1) is 0 Å². The van der Waals surface area contributed by atoms with E-state index in [2.05, 4.69) is 64.6 Å². The summed E-state index contributed by atoms with van der Waals surface area (Å²) in [6.45, 7) is 3.18. The fourth-order valence-corrected chi connectivity index (χ4v) is 2.91. The molecule has 2 nitrogen and oxygen atoms in total. The normalized spacial score (nSPS) is 12.1. The number of para-hydroxylation sites is 1. The van der Waals surface area contributed by atoms with E-state index in [4.69, 9.17) is 4.74 Å². The maximum absolute atomic E-state index is 5.52. The molecule has 112 valence electrons. The Balaban J connectivity index is 2.25. The van der Waals surface area contributed by atoms with Crippen LogP contribution in [-0.4, -0.2) is 13.7 Å². The molecule has 0 bridgehead atoms. The lowest BCUT2D eigenvalue weighted by Crippen LogP contribution is -2.24. The molecule has 0 saturated heterocycles. The van der Waals surface area contributed by atoms with Crippen LogP contribution in [0.4, 0.5) is 0 Å². The molecule has 0 heterocycles. The highest BCUT2D eigenvalue weighted by atomic mass is 79.9. The van der Waals surface area contributed by atoms with Crippen molar-refractivity contribution < 1.29 is 4.74 Å². The van der Waals surface area contributed by atoms with Crippen LogP contribution in [0, 0.1) is 0 Å². The molecule has 2 aromatic rings. The summed E-state index contributed by atoms with van der Waals surface area (Å²) in [5.41, 5.74) is 2.53. The van der Waals surface area contributed by atoms with Crippen LogP contribution in [-0.2, 0) is 6.42 Å². The number of hydrogen-bond acceptors (Lipinski definition) is 2. The first-order chi connectivity index (χ1) is 10.2. The molecule has 1 unspecified atom stereocenters. The van der Waals surface area contributed by atoms with Gasteiger partial charge in [-0.25, -0.2) is 0 Å². The first-order valence-electron chi connectivity index (χ1n) is 7.35. The minimum Gasteiger partial charge on any atom is -0.496 e. The Kier molecular flexibility index (Phi) is 6.27. The topological polar surface area (TPSA) is 21.3 Å². The number of halogens is 1. The van der Waals surface area contributed by atoms with Crippen LogP contribution in [0.15, 0.2) is 53.0 Å². The maximum atomic E-state index is 5.52. The van der Waals surface area contributed by atoms with Gasteiger partial charge in [-0.05, 0) is 43.1 Å². The van der Waals surface area contributed by atoms with E-state index < -0.39 is 0 Å². The van der Waals surface area contributed by atoms with Gasteiger partial charge < -0.3 is 10.1 Å². The molecule has 0 amide bonds. The van der Waals surface area contributed by atoms with Crippen molar-refractivity contribution in [2.45, 2.75) is 25.8 Å². The van der Waals surface area contributed by atoms with E-state index in [1.807, 2.05) is 12.1 Å². The molecule has 0 aromatic heterocycles. The van der Waals surface area contributed by atoms with E-state index in [1.54, 1.807) is 7.11 Å². The lowest BCUT2D eigenvalue weighted by atomic mass is 9.98. The number of ether oxygens (including phenoxy) is 1. The first-order valence-corrected chi connectivity index (χ1v) is 8.14. The van der Waals surface area contributed by atoms with E-state index in [0.717, 1.165) is 29.6 Å². The van der Waals surface area contributed by atoms with Crippen molar-refractivity contribution in [2.75, 3.05) is 13.7 Å². The molecule has 0 fully saturated rings. The van der Waals surface area contributed by atoms with Gasteiger partial charge in [0.1, 0.15) is 5.75 Å². The Morgan fingerprint density at radius 3 is 2.67 bits per heavy atom. The standard InChI is InChI=1S/C18H22BrNO/c1-3-11-20-17(13-14-7-6-8-15(19)12-14)16-9-4-5-10-18(16)21-2/h4-10,12,17,20H,3,11,13H2,1-2H3. The van der Waals surface area contributed by atoms with Crippen molar-refractivity contribution in [1.82, 2.24) is 5.32 Å². The highest BCUT2D eigenvalue weighted by molar-refractivity contribution is 9.10. The molecule has 1 atom stereocenters. The van der Waals surface area contributed by atoms with E-state index in [1.165, 1.54) is 11.1 Å². The molecule has 1 N–H and O–H groups in total. The highest BCUT2D eigenvalue weighted by Gasteiger charge is 2.15. The second-order valence-electron chi connectivity index (χ2n) is 5.08. The van der Waals surface area contributed by atoms with Crippen LogP contribution in [0.25, 0.3) is 0 Å². The molecule has 0 spiro atoms. The second kappa shape index (κ2) is 8.20. The predicted octanol–water partition coefficient (Wildman–Crippen LogP) is 4.74. The zero-order valence-electron chi connectivity index (χ0n) is 12.6. The number of methoxy groups -OCH3 is 1. The van der Waals surface area contributed by atoms with E-state index in [0.29, 0.717) is 0 Å². The van der Waals surface area contributed by atoms with E-state index in [-0.39, 0.29) is 6.04 Å². The quantitative estimate of drug-likeness (QED) is 0.780. The largest absolute Gasteiger partial charge is 0.496 e. The monoisotopic (exact) mass is 347 g/mol. The minimum absolute atomic E-state index is 0.260. The predicted molar refractivity (Wildman–Crippen MR) is 91.9 cm³/mol. The van der Waals surface area contributed by atoms with Crippen molar-refractivity contribution in [2.24, 2.45) is 0 Å². The lowest BCUT2D eigenvalue weighted by Gasteiger charge is -2.21. The molecule has 0 aliphatic heterocycles. The van der Waals surface area contributed by atoms with Gasteiger partial charge >= 0.3 is 0 Å². The van der Waals surface area contributed by atoms with Gasteiger partial charge in [-0.1, -0.05) is 53.2 Å². The SMILES string of the molecule is CCCNC(Cc1cccc(Br)c1)c1ccccc1OC. The molecule has 21 heavy (non-hydrogen) atoms. The highest BCUT2D eigenvalue weighted by Crippen LogP contribution is 2.28. The summed E-state index contributed by atoms with van der Waals surface area (Å²) in [6.07, 6.45) is 2.06. The van der Waals surface area contributed by atoms with Crippen molar-refractivity contribution >= 4 is 15.9 Å². The maximum Gasteiger partial charge on any atom is 0.123 e. The van der Waals surface area contributed by atoms with Crippen molar-refractivity contribution in [3.8, 4) is 5.75 Å². The summed E-state index contributed by atoms with van der Waals surface area (Å²) in [5, 5.41) is 3.63. The van der Waals surface area contributed by atoms with Gasteiger partial charge in [-0.2, -0.15) is 0 Å². The fourth-order valence-electron chi connectivity index (χ4n) is 2.46. The molecular formula is C18H22BrNO. The van der Waals surface area contributed by atoms with Gasteiger partial charge in [0, 0.05) is 16.1 Å². The first kappa shape index (κ1) is 16.1. The van der Waals surface area contributed by atoms with Crippen LogP contribution >= 0.6 is 15.9 Å². The molecule has 2 rings (SSSR count). The summed E-state index contributed by atoms with van der Waals surface area (Å²) in [4.78, 5) is 0. The summed E-state index contributed by atoms with van der Waals surface area (Å²) >= 11 is 3.54. The summed E-state index contributed by atoms with van der Waals surface area (Å²) in [7, 11) is 1.73. The van der Waals surface area contributed by atoms with Crippen LogP contribution in [0.2, 0.25) is 0 Å². The Labute approximate surface area is 135 Å². The average molecular weight is 348 g/mol. The van der Waals surface area contributed by atoms with Crippen LogP contribution in [0.5, 0.6) is 5.75 Å². The summed E-state index contributed by atoms with van der Waals surface area (Å²) < 4.78 is 6.64. The van der Waals surface area contributed by atoms with Crippen LogP contribution < -0.4 is 10.1 Å². The van der Waals surface area contributed by atoms with Gasteiger partial charge in [0.15, 0.2) is 0 Å². The number of benzene rings is 2. The Bertz CT molecular complexity index is 571. The Morgan fingerprint density at radius 1 is 1.14 bits per heavy atom. The third-order valence-corrected chi connectivity index (χ3v) is 3.98. The minimum atomic E-state index is 0.260. The Hall–Kier alpha value is -1.32. The van der Waals surface area contributed by atoms with Gasteiger partial charge in [-0.3, -0.25) is 0 Å². The van der Waals surface area contributed by atoms with Crippen molar-refractivity contribution in [3.05, 3.63) is 64.1 Å². The molecule has 2 aromatic carbocycles. The molecule has 0 aliphatic rings. The summed E-state index contributed by atoms with van der Waals surface area (Å²) in [5.74, 6) is 0.945. The lowest BCUT2D eigenvalue weighted by molar-refractivity contribution is 0.398. The van der Waals surface area contributed by atoms with Gasteiger partial charge in [0.25, 0.3) is 0 Å². The van der Waals surface area contributed by atoms with Crippen LogP contribution in [0.1, 0.15) is 30.5 Å². The molecule has 0 aliphatic carbocycles. The number of hydrogen-bond donors (Lipinski definition) is 1. The Morgan fingerprint density at radius 2 is 1.95 bits per heavy atom. The average Bonchev–Trinajstić information content (AvgIpc) is 2.51. The molecule has 0 saturated carbocycles. The third kappa shape index (κ3) is 4.58. The number of rotatable bonds is 7.